The maximum Gasteiger partial charge on any atom is 0.0506 e. The Kier molecular flexibility index (Phi) is 4.58. The van der Waals surface area contributed by atoms with Crippen LogP contribution in [0.1, 0.15) is 40.0 Å². The molecule has 0 amide bonds. The topological polar surface area (TPSA) is 29.1 Å². The first-order valence-corrected chi connectivity index (χ1v) is 6.90. The first-order chi connectivity index (χ1) is 6.56. The van der Waals surface area contributed by atoms with Crippen molar-refractivity contribution < 1.29 is 4.21 Å². The minimum absolute atomic E-state index is 0.293. The minimum Gasteiger partial charge on any atom is -0.316 e. The highest BCUT2D eigenvalue weighted by molar-refractivity contribution is 7.86. The third kappa shape index (κ3) is 2.80. The average Bonchev–Trinajstić information content (AvgIpc) is 2.16. The molecule has 14 heavy (non-hydrogen) atoms. The van der Waals surface area contributed by atoms with Gasteiger partial charge in [0.15, 0.2) is 0 Å². The van der Waals surface area contributed by atoms with Crippen LogP contribution in [0.25, 0.3) is 0 Å². The summed E-state index contributed by atoms with van der Waals surface area (Å²) in [6.07, 6.45) is 3.58. The Balaban J connectivity index is 2.65. The van der Waals surface area contributed by atoms with E-state index in [1.165, 1.54) is 12.8 Å². The molecule has 0 aliphatic heterocycles. The highest BCUT2D eigenvalue weighted by Crippen LogP contribution is 2.28. The second-order valence-corrected chi connectivity index (χ2v) is 6.93. The van der Waals surface area contributed by atoms with Crippen LogP contribution in [0, 0.1) is 5.92 Å². The van der Waals surface area contributed by atoms with Gasteiger partial charge in [-0.25, -0.2) is 0 Å². The van der Waals surface area contributed by atoms with Crippen molar-refractivity contribution in [3.63, 3.8) is 0 Å². The van der Waals surface area contributed by atoms with Gasteiger partial charge in [0, 0.05) is 22.1 Å². The van der Waals surface area contributed by atoms with Crippen molar-refractivity contribution in [2.75, 3.05) is 7.05 Å². The number of hydrogen-bond donors (Lipinski definition) is 1. The molecule has 0 heterocycles. The molecule has 2 nitrogen and oxygen atoms in total. The molecule has 1 aliphatic carbocycles. The summed E-state index contributed by atoms with van der Waals surface area (Å²) in [5.74, 6) is 0.743. The predicted molar refractivity (Wildman–Crippen MR) is 62.9 cm³/mol. The third-order valence-electron chi connectivity index (χ3n) is 3.19. The van der Waals surface area contributed by atoms with Crippen molar-refractivity contribution in [1.29, 1.82) is 0 Å². The zero-order valence-corrected chi connectivity index (χ0v) is 10.6. The van der Waals surface area contributed by atoms with Gasteiger partial charge in [0.1, 0.15) is 0 Å². The van der Waals surface area contributed by atoms with E-state index in [-0.39, 0.29) is 0 Å². The van der Waals surface area contributed by atoms with Crippen LogP contribution in [-0.4, -0.2) is 27.8 Å². The van der Waals surface area contributed by atoms with Crippen LogP contribution in [-0.2, 0) is 10.8 Å². The van der Waals surface area contributed by atoms with E-state index in [1.54, 1.807) is 0 Å². The van der Waals surface area contributed by atoms with Gasteiger partial charge in [0.2, 0.25) is 0 Å². The van der Waals surface area contributed by atoms with Crippen LogP contribution in [0.2, 0.25) is 0 Å². The Morgan fingerprint density at radius 2 is 2.00 bits per heavy atom. The van der Waals surface area contributed by atoms with Gasteiger partial charge in [-0.2, -0.15) is 0 Å². The molecule has 4 atom stereocenters. The molecule has 4 unspecified atom stereocenters. The summed E-state index contributed by atoms with van der Waals surface area (Å²) in [5, 5.41) is 3.97. The summed E-state index contributed by atoms with van der Waals surface area (Å²) in [6, 6.07) is 0.467. The van der Waals surface area contributed by atoms with Gasteiger partial charge >= 0.3 is 0 Å². The molecule has 0 saturated heterocycles. The van der Waals surface area contributed by atoms with Crippen LogP contribution in [0.4, 0.5) is 0 Å². The molecule has 1 aliphatic rings. The SMILES string of the molecule is CNC1CCC(C)CC1S(=O)C(C)C. The number of hydrogen-bond acceptors (Lipinski definition) is 2. The van der Waals surface area contributed by atoms with Gasteiger partial charge in [-0.15, -0.1) is 0 Å². The molecule has 84 valence electrons. The first-order valence-electron chi connectivity index (χ1n) is 5.63. The van der Waals surface area contributed by atoms with Crippen LogP contribution in [0.5, 0.6) is 0 Å². The minimum atomic E-state index is -0.671. The van der Waals surface area contributed by atoms with Crippen molar-refractivity contribution in [1.82, 2.24) is 5.32 Å². The van der Waals surface area contributed by atoms with E-state index in [1.807, 2.05) is 7.05 Å². The van der Waals surface area contributed by atoms with E-state index in [0.717, 1.165) is 12.3 Å². The van der Waals surface area contributed by atoms with Gasteiger partial charge in [0.25, 0.3) is 0 Å². The standard InChI is InChI=1S/C11H23NOS/c1-8(2)14(13)11-7-9(3)5-6-10(11)12-4/h8-12H,5-7H2,1-4H3. The maximum absolute atomic E-state index is 12.1. The largest absolute Gasteiger partial charge is 0.316 e. The van der Waals surface area contributed by atoms with Gasteiger partial charge < -0.3 is 5.32 Å². The number of rotatable bonds is 3. The summed E-state index contributed by atoms with van der Waals surface area (Å²) in [7, 11) is 1.32. The van der Waals surface area contributed by atoms with E-state index in [4.69, 9.17) is 0 Å². The zero-order chi connectivity index (χ0) is 10.7. The maximum atomic E-state index is 12.1. The lowest BCUT2D eigenvalue weighted by Crippen LogP contribution is -2.46. The van der Waals surface area contributed by atoms with Gasteiger partial charge in [-0.3, -0.25) is 4.21 Å². The summed E-state index contributed by atoms with van der Waals surface area (Å²) < 4.78 is 12.1. The lowest BCUT2D eigenvalue weighted by molar-refractivity contribution is 0.324. The summed E-state index contributed by atoms with van der Waals surface area (Å²) in [6.45, 7) is 6.39. The molecule has 1 fully saturated rings. The van der Waals surface area contributed by atoms with Crippen molar-refractivity contribution in [3.05, 3.63) is 0 Å². The number of nitrogens with one attached hydrogen (secondary N) is 1. The normalized spacial score (nSPS) is 35.9. The second-order valence-electron chi connectivity index (χ2n) is 4.73. The fourth-order valence-electron chi connectivity index (χ4n) is 2.27. The van der Waals surface area contributed by atoms with Gasteiger partial charge in [0.05, 0.1) is 5.25 Å². The molecule has 0 bridgehead atoms. The molecule has 0 aromatic rings. The van der Waals surface area contributed by atoms with Gasteiger partial charge in [-0.1, -0.05) is 20.8 Å². The van der Waals surface area contributed by atoms with Crippen molar-refractivity contribution in [2.24, 2.45) is 5.92 Å². The third-order valence-corrected chi connectivity index (χ3v) is 5.23. The van der Waals surface area contributed by atoms with Gasteiger partial charge in [-0.05, 0) is 32.2 Å². The van der Waals surface area contributed by atoms with E-state index in [9.17, 15) is 4.21 Å². The van der Waals surface area contributed by atoms with Crippen LogP contribution in [0.15, 0.2) is 0 Å². The fraction of sp³-hybridized carbons (Fsp3) is 1.00. The van der Waals surface area contributed by atoms with E-state index in [2.05, 4.69) is 26.1 Å². The summed E-state index contributed by atoms with van der Waals surface area (Å²) >= 11 is 0. The average molecular weight is 217 g/mol. The predicted octanol–water partition coefficient (Wildman–Crippen LogP) is 1.92. The Morgan fingerprint density at radius 3 is 2.50 bits per heavy atom. The van der Waals surface area contributed by atoms with E-state index in [0.29, 0.717) is 16.5 Å². The fourth-order valence-corrected chi connectivity index (χ4v) is 4.08. The Labute approximate surface area is 90.3 Å². The molecule has 0 radical (unpaired) electrons. The molecular weight excluding hydrogens is 194 g/mol. The molecule has 1 rings (SSSR count). The highest BCUT2D eigenvalue weighted by atomic mass is 32.2. The summed E-state index contributed by atoms with van der Waals surface area (Å²) in [4.78, 5) is 0. The van der Waals surface area contributed by atoms with Crippen LogP contribution < -0.4 is 5.32 Å². The molecule has 0 spiro atoms. The molecular formula is C11H23NOS. The highest BCUT2D eigenvalue weighted by Gasteiger charge is 2.32. The quantitative estimate of drug-likeness (QED) is 0.782. The molecule has 0 aromatic heterocycles. The van der Waals surface area contributed by atoms with E-state index < -0.39 is 10.8 Å². The first kappa shape index (κ1) is 12.2. The molecule has 1 saturated carbocycles. The molecule has 3 heteroatoms. The van der Waals surface area contributed by atoms with Crippen LogP contribution in [0.3, 0.4) is 0 Å². The monoisotopic (exact) mass is 217 g/mol. The smallest absolute Gasteiger partial charge is 0.0506 e. The Morgan fingerprint density at radius 1 is 1.36 bits per heavy atom. The van der Waals surface area contributed by atoms with Crippen molar-refractivity contribution in [3.8, 4) is 0 Å². The Hall–Kier alpha value is 0.110. The second kappa shape index (κ2) is 5.26. The van der Waals surface area contributed by atoms with Crippen LogP contribution >= 0.6 is 0 Å². The van der Waals surface area contributed by atoms with Crippen molar-refractivity contribution in [2.45, 2.75) is 56.6 Å². The lowest BCUT2D eigenvalue weighted by atomic mass is 9.87. The zero-order valence-electron chi connectivity index (χ0n) is 9.75. The van der Waals surface area contributed by atoms with Crippen molar-refractivity contribution >= 4 is 10.8 Å². The molecule has 1 N–H and O–H groups in total. The lowest BCUT2D eigenvalue weighted by Gasteiger charge is -2.35. The Bertz CT molecular complexity index is 205. The summed E-state index contributed by atoms with van der Waals surface area (Å²) in [5.41, 5.74) is 0. The molecule has 0 aromatic carbocycles. The van der Waals surface area contributed by atoms with E-state index >= 15 is 0 Å².